The average molecular weight is 248 g/mol. The van der Waals surface area contributed by atoms with Crippen LogP contribution >= 0.6 is 11.3 Å². The van der Waals surface area contributed by atoms with Gasteiger partial charge in [0.15, 0.2) is 0 Å². The highest BCUT2D eigenvalue weighted by atomic mass is 32.1. The minimum Gasteiger partial charge on any atom is -0.508 e. The molecular formula is C13H16N2OS. The second-order valence-corrected chi connectivity index (χ2v) is 5.09. The molecule has 0 aliphatic rings. The van der Waals surface area contributed by atoms with Gasteiger partial charge in [-0.05, 0) is 17.7 Å². The molecule has 3 N–H and O–H groups in total. The Labute approximate surface area is 105 Å². The van der Waals surface area contributed by atoms with Gasteiger partial charge in [-0.3, -0.25) is 0 Å². The summed E-state index contributed by atoms with van der Waals surface area (Å²) < 4.78 is 0. The number of rotatable bonds is 4. The predicted molar refractivity (Wildman–Crippen MR) is 70.5 cm³/mol. The zero-order valence-corrected chi connectivity index (χ0v) is 10.6. The molecule has 0 aliphatic heterocycles. The Kier molecular flexibility index (Phi) is 3.76. The largest absolute Gasteiger partial charge is 0.508 e. The van der Waals surface area contributed by atoms with Gasteiger partial charge in [-0.1, -0.05) is 19.1 Å². The first-order chi connectivity index (χ1) is 8.19. The lowest BCUT2D eigenvalue weighted by atomic mass is 10.1. The number of hydrogen-bond donors (Lipinski definition) is 2. The molecule has 17 heavy (non-hydrogen) atoms. The molecule has 0 saturated carbocycles. The number of hydrogen-bond acceptors (Lipinski definition) is 4. The van der Waals surface area contributed by atoms with E-state index in [1.54, 1.807) is 23.5 Å². The molecule has 1 aromatic carbocycles. The van der Waals surface area contributed by atoms with E-state index < -0.39 is 0 Å². The van der Waals surface area contributed by atoms with Gasteiger partial charge in [0.1, 0.15) is 5.75 Å². The van der Waals surface area contributed by atoms with Crippen molar-refractivity contribution in [3.05, 3.63) is 45.9 Å². The number of phenolic OH excluding ortho intramolecular Hbond substituents is 1. The maximum absolute atomic E-state index is 9.39. The lowest BCUT2D eigenvalue weighted by Gasteiger charge is -2.03. The van der Waals surface area contributed by atoms with Crippen molar-refractivity contribution in [3.63, 3.8) is 0 Å². The van der Waals surface area contributed by atoms with Gasteiger partial charge in [-0.15, -0.1) is 11.3 Å². The maximum atomic E-state index is 9.39. The molecule has 0 aliphatic carbocycles. The van der Waals surface area contributed by atoms with E-state index >= 15 is 0 Å². The summed E-state index contributed by atoms with van der Waals surface area (Å²) in [4.78, 5) is 4.56. The molecule has 0 spiro atoms. The molecule has 4 heteroatoms. The second kappa shape index (κ2) is 5.29. The number of aromatic nitrogens is 1. The number of nitrogens with two attached hydrogens (primary N) is 1. The monoisotopic (exact) mass is 248 g/mol. The van der Waals surface area contributed by atoms with Gasteiger partial charge in [0.25, 0.3) is 0 Å². The summed E-state index contributed by atoms with van der Waals surface area (Å²) in [6.07, 6.45) is 0.760. The van der Waals surface area contributed by atoms with E-state index in [1.165, 1.54) is 0 Å². The molecule has 2 rings (SSSR count). The minimum absolute atomic E-state index is 0.301. The van der Waals surface area contributed by atoms with E-state index in [0.717, 1.165) is 22.7 Å². The first-order valence-corrected chi connectivity index (χ1v) is 6.49. The van der Waals surface area contributed by atoms with Crippen molar-refractivity contribution in [2.75, 3.05) is 6.54 Å². The molecule has 0 saturated heterocycles. The summed E-state index contributed by atoms with van der Waals surface area (Å²) in [7, 11) is 0. The smallest absolute Gasteiger partial charge is 0.115 e. The van der Waals surface area contributed by atoms with E-state index in [1.807, 2.05) is 12.1 Å². The Bertz CT molecular complexity index is 496. The second-order valence-electron chi connectivity index (χ2n) is 4.15. The minimum atomic E-state index is 0.301. The number of phenols is 1. The van der Waals surface area contributed by atoms with Gasteiger partial charge in [-0.2, -0.15) is 0 Å². The fourth-order valence-electron chi connectivity index (χ4n) is 1.59. The van der Waals surface area contributed by atoms with Crippen LogP contribution in [0.1, 0.15) is 29.1 Å². The molecule has 90 valence electrons. The molecule has 0 fully saturated rings. The van der Waals surface area contributed by atoms with Crippen molar-refractivity contribution in [2.45, 2.75) is 19.3 Å². The van der Waals surface area contributed by atoms with Crippen LogP contribution in [0.3, 0.4) is 0 Å². The highest BCUT2D eigenvalue weighted by molar-refractivity contribution is 7.09. The fraction of sp³-hybridized carbons (Fsp3) is 0.308. The zero-order valence-electron chi connectivity index (χ0n) is 9.76. The summed E-state index contributed by atoms with van der Waals surface area (Å²) in [6.45, 7) is 2.70. The van der Waals surface area contributed by atoms with Crippen LogP contribution in [0.5, 0.6) is 5.75 Å². The van der Waals surface area contributed by atoms with E-state index in [-0.39, 0.29) is 0 Å². The number of aromatic hydroxyl groups is 1. The van der Waals surface area contributed by atoms with Gasteiger partial charge < -0.3 is 10.8 Å². The SMILES string of the molecule is CC(CN)c1csc(Cc2cccc(O)c2)n1. The quantitative estimate of drug-likeness (QED) is 0.874. The third-order valence-electron chi connectivity index (χ3n) is 2.69. The normalized spacial score (nSPS) is 12.6. The fourth-order valence-corrected chi connectivity index (χ4v) is 2.54. The molecule has 0 amide bonds. The van der Waals surface area contributed by atoms with Crippen molar-refractivity contribution in [2.24, 2.45) is 5.73 Å². The standard InChI is InChI=1S/C13H16N2OS/c1-9(7-14)12-8-17-13(15-12)6-10-3-2-4-11(16)5-10/h2-5,8-9,16H,6-7,14H2,1H3. The summed E-state index contributed by atoms with van der Waals surface area (Å²) in [5.41, 5.74) is 7.76. The molecule has 1 unspecified atom stereocenters. The number of benzene rings is 1. The van der Waals surface area contributed by atoms with E-state index in [2.05, 4.69) is 17.3 Å². The van der Waals surface area contributed by atoms with Crippen LogP contribution in [0.15, 0.2) is 29.6 Å². The third-order valence-corrected chi connectivity index (χ3v) is 3.56. The first-order valence-electron chi connectivity index (χ1n) is 5.61. The summed E-state index contributed by atoms with van der Waals surface area (Å²) in [5, 5.41) is 12.5. The molecule has 0 bridgehead atoms. The third kappa shape index (κ3) is 3.05. The summed E-state index contributed by atoms with van der Waals surface area (Å²) >= 11 is 1.65. The Hall–Kier alpha value is -1.39. The molecule has 3 nitrogen and oxygen atoms in total. The van der Waals surface area contributed by atoms with Crippen LogP contribution in [-0.2, 0) is 6.42 Å². The lowest BCUT2D eigenvalue weighted by Crippen LogP contribution is -2.09. The Morgan fingerprint density at radius 1 is 1.47 bits per heavy atom. The van der Waals surface area contributed by atoms with Crippen molar-refractivity contribution in [1.29, 1.82) is 0 Å². The van der Waals surface area contributed by atoms with Crippen molar-refractivity contribution in [1.82, 2.24) is 4.98 Å². The highest BCUT2D eigenvalue weighted by Crippen LogP contribution is 2.21. The van der Waals surface area contributed by atoms with Crippen LogP contribution in [0.25, 0.3) is 0 Å². The topological polar surface area (TPSA) is 59.1 Å². The van der Waals surface area contributed by atoms with E-state index in [0.29, 0.717) is 18.2 Å². The summed E-state index contributed by atoms with van der Waals surface area (Å²) in [6, 6.07) is 7.29. The Morgan fingerprint density at radius 3 is 3.00 bits per heavy atom. The van der Waals surface area contributed by atoms with Gasteiger partial charge in [0, 0.05) is 24.3 Å². The molecular weight excluding hydrogens is 232 g/mol. The van der Waals surface area contributed by atoms with Crippen molar-refractivity contribution in [3.8, 4) is 5.75 Å². The van der Waals surface area contributed by atoms with E-state index in [9.17, 15) is 5.11 Å². The van der Waals surface area contributed by atoms with Gasteiger partial charge in [0.05, 0.1) is 10.7 Å². The average Bonchev–Trinajstić information content (AvgIpc) is 2.76. The van der Waals surface area contributed by atoms with Gasteiger partial charge in [-0.25, -0.2) is 4.98 Å². The van der Waals surface area contributed by atoms with Crippen LogP contribution in [-0.4, -0.2) is 16.6 Å². The Morgan fingerprint density at radius 2 is 2.29 bits per heavy atom. The zero-order chi connectivity index (χ0) is 12.3. The van der Waals surface area contributed by atoms with Crippen LogP contribution in [0.4, 0.5) is 0 Å². The maximum Gasteiger partial charge on any atom is 0.115 e. The molecule has 0 radical (unpaired) electrons. The van der Waals surface area contributed by atoms with Crippen LogP contribution < -0.4 is 5.73 Å². The molecule has 1 aromatic heterocycles. The van der Waals surface area contributed by atoms with E-state index in [4.69, 9.17) is 5.73 Å². The predicted octanol–water partition coefficient (Wildman–Crippen LogP) is 2.50. The first kappa shape index (κ1) is 12.1. The Balaban J connectivity index is 2.11. The van der Waals surface area contributed by atoms with Crippen LogP contribution in [0.2, 0.25) is 0 Å². The molecule has 1 heterocycles. The molecule has 1 atom stereocenters. The number of nitrogens with zero attached hydrogens (tertiary/aromatic N) is 1. The van der Waals surface area contributed by atoms with Crippen LogP contribution in [0, 0.1) is 0 Å². The van der Waals surface area contributed by atoms with Gasteiger partial charge >= 0.3 is 0 Å². The van der Waals surface area contributed by atoms with Crippen molar-refractivity contribution < 1.29 is 5.11 Å². The molecule has 2 aromatic rings. The van der Waals surface area contributed by atoms with Gasteiger partial charge in [0.2, 0.25) is 0 Å². The lowest BCUT2D eigenvalue weighted by molar-refractivity contribution is 0.474. The van der Waals surface area contributed by atoms with Crippen molar-refractivity contribution >= 4 is 11.3 Å². The highest BCUT2D eigenvalue weighted by Gasteiger charge is 2.08. The number of thiazole rings is 1. The summed E-state index contributed by atoms with van der Waals surface area (Å²) in [5.74, 6) is 0.610.